The van der Waals surface area contributed by atoms with Gasteiger partial charge in [-0.3, -0.25) is 4.79 Å². The van der Waals surface area contributed by atoms with Gasteiger partial charge in [0.05, 0.1) is 13.0 Å². The second-order valence-corrected chi connectivity index (χ2v) is 2.63. The predicted octanol–water partition coefficient (Wildman–Crippen LogP) is -1.06. The minimum atomic E-state index is -1.15. The molecule has 1 fully saturated rings. The number of carbonyl (C=O) groups excluding carboxylic acids is 2. The third kappa shape index (κ3) is 1.34. The van der Waals surface area contributed by atoms with Crippen LogP contribution in [0.2, 0.25) is 0 Å². The van der Waals surface area contributed by atoms with Gasteiger partial charge in [0.15, 0.2) is 0 Å². The fourth-order valence-electron chi connectivity index (χ4n) is 1.22. The van der Waals surface area contributed by atoms with Gasteiger partial charge in [-0.05, 0) is 12.8 Å². The van der Waals surface area contributed by atoms with E-state index in [9.17, 15) is 14.7 Å². The molecule has 1 aliphatic rings. The van der Waals surface area contributed by atoms with Gasteiger partial charge in [0.25, 0.3) is 0 Å². The third-order valence-electron chi connectivity index (χ3n) is 2.08. The molecule has 1 rings (SSSR count). The van der Waals surface area contributed by atoms with Crippen LogP contribution in [-0.2, 0) is 14.3 Å². The minimum absolute atomic E-state index is 0.439. The van der Waals surface area contributed by atoms with E-state index in [-0.39, 0.29) is 0 Å². The van der Waals surface area contributed by atoms with Crippen molar-refractivity contribution in [1.29, 1.82) is 0 Å². The highest BCUT2D eigenvalue weighted by atomic mass is 16.5. The molecule has 0 radical (unpaired) electrons. The maximum Gasteiger partial charge on any atom is 0.309 e. The van der Waals surface area contributed by atoms with Gasteiger partial charge in [-0.1, -0.05) is 0 Å². The molecule has 1 aliphatic carbocycles. The van der Waals surface area contributed by atoms with Crippen LogP contribution in [0.5, 0.6) is 0 Å². The number of carbonyl (C=O) groups is 2. The second kappa shape index (κ2) is 2.90. The Bertz CT molecular complexity index is 187. The van der Waals surface area contributed by atoms with Crippen molar-refractivity contribution in [2.24, 2.45) is 11.8 Å². The molecule has 0 aromatic rings. The average Bonchev–Trinajstić information content (AvgIpc) is 1.83. The molecule has 0 bridgehead atoms. The molecule has 11 heavy (non-hydrogen) atoms. The fourth-order valence-corrected chi connectivity index (χ4v) is 1.22. The first kappa shape index (κ1) is 8.04. The van der Waals surface area contributed by atoms with Gasteiger partial charge in [-0.2, -0.15) is 0 Å². The van der Waals surface area contributed by atoms with Crippen molar-refractivity contribution >= 4 is 11.9 Å². The summed E-state index contributed by atoms with van der Waals surface area (Å²) in [7, 11) is 1.26. The van der Waals surface area contributed by atoms with E-state index in [0.717, 1.165) is 0 Å². The number of hydrogen-bond acceptors (Lipinski definition) is 4. The molecule has 0 amide bonds. The Morgan fingerprint density at radius 2 is 1.91 bits per heavy atom. The lowest BCUT2D eigenvalue weighted by molar-refractivity contribution is -0.316. The van der Waals surface area contributed by atoms with Crippen LogP contribution in [0.3, 0.4) is 0 Å². The van der Waals surface area contributed by atoms with Crippen LogP contribution in [0.15, 0.2) is 0 Å². The maximum absolute atomic E-state index is 10.8. The van der Waals surface area contributed by atoms with Gasteiger partial charge in [0, 0.05) is 11.9 Å². The lowest BCUT2D eigenvalue weighted by atomic mass is 9.74. The van der Waals surface area contributed by atoms with Crippen molar-refractivity contribution in [2.75, 3.05) is 7.11 Å². The molecular formula is C7H9O4-. The highest BCUT2D eigenvalue weighted by Crippen LogP contribution is 2.34. The fraction of sp³-hybridized carbons (Fsp3) is 0.714. The van der Waals surface area contributed by atoms with Gasteiger partial charge in [0.1, 0.15) is 0 Å². The smallest absolute Gasteiger partial charge is 0.309 e. The van der Waals surface area contributed by atoms with Gasteiger partial charge < -0.3 is 14.6 Å². The molecule has 0 spiro atoms. The number of ether oxygens (including phenoxy) is 1. The Morgan fingerprint density at radius 3 is 2.18 bits per heavy atom. The average molecular weight is 157 g/mol. The Kier molecular flexibility index (Phi) is 2.12. The highest BCUT2D eigenvalue weighted by Gasteiger charge is 2.37. The molecule has 0 heterocycles. The van der Waals surface area contributed by atoms with Crippen LogP contribution >= 0.6 is 0 Å². The predicted molar refractivity (Wildman–Crippen MR) is 33.2 cm³/mol. The summed E-state index contributed by atoms with van der Waals surface area (Å²) in [4.78, 5) is 21.1. The summed E-state index contributed by atoms with van der Waals surface area (Å²) in [5.74, 6) is -2.68. The lowest BCUT2D eigenvalue weighted by Crippen LogP contribution is -2.45. The molecule has 0 aromatic heterocycles. The summed E-state index contributed by atoms with van der Waals surface area (Å²) in [5.41, 5.74) is 0. The van der Waals surface area contributed by atoms with Crippen molar-refractivity contribution < 1.29 is 19.4 Å². The van der Waals surface area contributed by atoms with Crippen molar-refractivity contribution in [2.45, 2.75) is 12.8 Å². The van der Waals surface area contributed by atoms with Crippen LogP contribution in [0.25, 0.3) is 0 Å². The molecule has 1 saturated carbocycles. The Morgan fingerprint density at radius 1 is 1.36 bits per heavy atom. The van der Waals surface area contributed by atoms with E-state index in [2.05, 4.69) is 4.74 Å². The SMILES string of the molecule is COC(=O)[C@@H]1CC[C@@H]1C(=O)[O-]. The van der Waals surface area contributed by atoms with Crippen molar-refractivity contribution in [3.8, 4) is 0 Å². The van der Waals surface area contributed by atoms with E-state index in [1.165, 1.54) is 7.11 Å². The van der Waals surface area contributed by atoms with Crippen molar-refractivity contribution in [3.05, 3.63) is 0 Å². The molecule has 62 valence electrons. The first-order valence-corrected chi connectivity index (χ1v) is 3.45. The van der Waals surface area contributed by atoms with Crippen LogP contribution < -0.4 is 5.11 Å². The minimum Gasteiger partial charge on any atom is -0.550 e. The van der Waals surface area contributed by atoms with Crippen molar-refractivity contribution in [3.63, 3.8) is 0 Å². The quantitative estimate of drug-likeness (QED) is 0.479. The van der Waals surface area contributed by atoms with Gasteiger partial charge >= 0.3 is 5.97 Å². The number of rotatable bonds is 2. The molecule has 0 saturated heterocycles. The summed E-state index contributed by atoms with van der Waals surface area (Å²) in [6.07, 6.45) is 1.13. The van der Waals surface area contributed by atoms with Gasteiger partial charge in [-0.15, -0.1) is 0 Å². The van der Waals surface area contributed by atoms with E-state index in [0.29, 0.717) is 12.8 Å². The van der Waals surface area contributed by atoms with Crippen LogP contribution in [0, 0.1) is 11.8 Å². The molecule has 2 atom stereocenters. The molecule has 0 unspecified atom stereocenters. The zero-order chi connectivity index (χ0) is 8.43. The molecule has 0 aromatic carbocycles. The molecule has 0 aliphatic heterocycles. The molecule has 0 N–H and O–H groups in total. The highest BCUT2D eigenvalue weighted by molar-refractivity contribution is 5.81. The maximum atomic E-state index is 10.8. The second-order valence-electron chi connectivity index (χ2n) is 2.63. The lowest BCUT2D eigenvalue weighted by Gasteiger charge is -2.34. The monoisotopic (exact) mass is 157 g/mol. The van der Waals surface area contributed by atoms with Crippen molar-refractivity contribution in [1.82, 2.24) is 0 Å². The number of aliphatic carboxylic acids is 1. The van der Waals surface area contributed by atoms with Crippen LogP contribution in [-0.4, -0.2) is 19.0 Å². The largest absolute Gasteiger partial charge is 0.550 e. The normalized spacial score (nSPS) is 28.8. The summed E-state index contributed by atoms with van der Waals surface area (Å²) in [6, 6.07) is 0. The first-order valence-electron chi connectivity index (χ1n) is 3.45. The number of esters is 1. The van der Waals surface area contributed by atoms with Crippen LogP contribution in [0.1, 0.15) is 12.8 Å². The topological polar surface area (TPSA) is 66.4 Å². The number of methoxy groups -OCH3 is 1. The standard InChI is InChI=1S/C7H10O4/c1-11-7(10)5-3-2-4(5)6(8)9/h4-5H,2-3H2,1H3,(H,8,9)/p-1/t4-,5+/m0/s1. The Balaban J connectivity index is 2.49. The third-order valence-corrected chi connectivity index (χ3v) is 2.08. The van der Waals surface area contributed by atoms with Crippen LogP contribution in [0.4, 0.5) is 0 Å². The van der Waals surface area contributed by atoms with Gasteiger partial charge in [-0.25, -0.2) is 0 Å². The van der Waals surface area contributed by atoms with E-state index in [4.69, 9.17) is 0 Å². The zero-order valence-corrected chi connectivity index (χ0v) is 6.20. The zero-order valence-electron chi connectivity index (χ0n) is 6.20. The van der Waals surface area contributed by atoms with E-state index < -0.39 is 23.8 Å². The Hall–Kier alpha value is -1.06. The van der Waals surface area contributed by atoms with E-state index in [1.807, 2.05) is 0 Å². The Labute approximate surface area is 64.2 Å². The first-order chi connectivity index (χ1) is 5.16. The molecule has 4 heteroatoms. The molecular weight excluding hydrogens is 148 g/mol. The summed E-state index contributed by atoms with van der Waals surface area (Å²) in [6.45, 7) is 0. The number of carboxylic acids is 1. The van der Waals surface area contributed by atoms with Gasteiger partial charge in [0.2, 0.25) is 0 Å². The molecule has 4 nitrogen and oxygen atoms in total. The summed E-state index contributed by atoms with van der Waals surface area (Å²) >= 11 is 0. The number of carboxylic acid groups (broad SMARTS) is 1. The van der Waals surface area contributed by atoms with E-state index in [1.54, 1.807) is 0 Å². The van der Waals surface area contributed by atoms with E-state index >= 15 is 0 Å². The summed E-state index contributed by atoms with van der Waals surface area (Å²) in [5, 5.41) is 10.3. The summed E-state index contributed by atoms with van der Waals surface area (Å²) < 4.78 is 4.40. The number of hydrogen-bond donors (Lipinski definition) is 0.